The van der Waals surface area contributed by atoms with Crippen LogP contribution in [0, 0.1) is 5.92 Å². The van der Waals surface area contributed by atoms with Crippen LogP contribution in [-0.4, -0.2) is 17.8 Å². The fourth-order valence-electron chi connectivity index (χ4n) is 3.81. The third kappa shape index (κ3) is 2.42. The highest BCUT2D eigenvalue weighted by molar-refractivity contribution is 5.57. The molecule has 2 aliphatic rings. The minimum Gasteiger partial charge on any atom is -0.508 e. The van der Waals surface area contributed by atoms with E-state index >= 15 is 0 Å². The van der Waals surface area contributed by atoms with Gasteiger partial charge in [-0.15, -0.1) is 0 Å². The highest BCUT2D eigenvalue weighted by Gasteiger charge is 2.42. The molecule has 0 saturated heterocycles. The van der Waals surface area contributed by atoms with Crippen LogP contribution in [0.25, 0.3) is 6.08 Å². The average molecular weight is 258 g/mol. The molecule has 2 heteroatoms. The van der Waals surface area contributed by atoms with Gasteiger partial charge in [0.15, 0.2) is 0 Å². The molecule has 0 amide bonds. The van der Waals surface area contributed by atoms with Gasteiger partial charge in [-0.25, -0.2) is 0 Å². The number of hydrogen-bond acceptors (Lipinski definition) is 2. The Hall–Kier alpha value is -1.28. The summed E-state index contributed by atoms with van der Waals surface area (Å²) in [5.41, 5.74) is 2.46. The van der Waals surface area contributed by atoms with E-state index < -0.39 is 0 Å². The maximum atomic E-state index is 9.58. The number of rotatable bonds is 2. The van der Waals surface area contributed by atoms with Crippen LogP contribution in [0.5, 0.6) is 5.75 Å². The van der Waals surface area contributed by atoms with Gasteiger partial charge in [0.2, 0.25) is 0 Å². The van der Waals surface area contributed by atoms with E-state index in [9.17, 15) is 5.11 Å². The van der Waals surface area contributed by atoms with Crippen LogP contribution >= 0.6 is 0 Å². The van der Waals surface area contributed by atoms with Crippen molar-refractivity contribution in [2.75, 3.05) is 7.11 Å². The Balaban J connectivity index is 1.94. The lowest BCUT2D eigenvalue weighted by atomic mass is 9.66. The summed E-state index contributed by atoms with van der Waals surface area (Å²) in [6.07, 6.45) is 9.61. The topological polar surface area (TPSA) is 29.5 Å². The molecule has 1 aromatic rings. The maximum Gasteiger partial charge on any atom is 0.116 e. The van der Waals surface area contributed by atoms with Gasteiger partial charge in [0, 0.05) is 7.11 Å². The average Bonchev–Trinajstić information content (AvgIpc) is 2.43. The molecule has 2 aliphatic carbocycles. The predicted molar refractivity (Wildman–Crippen MR) is 77.0 cm³/mol. The Bertz CT molecular complexity index is 492. The molecular formula is C17H22O2. The Morgan fingerprint density at radius 2 is 2.26 bits per heavy atom. The van der Waals surface area contributed by atoms with Crippen LogP contribution in [0.1, 0.15) is 44.1 Å². The highest BCUT2D eigenvalue weighted by atomic mass is 16.5. The van der Waals surface area contributed by atoms with Gasteiger partial charge in [-0.3, -0.25) is 0 Å². The smallest absolute Gasteiger partial charge is 0.116 e. The van der Waals surface area contributed by atoms with E-state index in [0.717, 1.165) is 24.3 Å². The first-order valence-corrected chi connectivity index (χ1v) is 7.27. The van der Waals surface area contributed by atoms with Crippen molar-refractivity contribution >= 4 is 6.08 Å². The van der Waals surface area contributed by atoms with E-state index in [-0.39, 0.29) is 5.60 Å². The summed E-state index contributed by atoms with van der Waals surface area (Å²) in [5.74, 6) is 1.17. The van der Waals surface area contributed by atoms with Crippen molar-refractivity contribution in [3.8, 4) is 5.75 Å². The Morgan fingerprint density at radius 1 is 1.37 bits per heavy atom. The molecule has 1 aromatic carbocycles. The van der Waals surface area contributed by atoms with Crippen LogP contribution in [0.3, 0.4) is 0 Å². The van der Waals surface area contributed by atoms with Crippen LogP contribution < -0.4 is 0 Å². The molecule has 2 saturated carbocycles. The lowest BCUT2D eigenvalue weighted by molar-refractivity contribution is -0.0405. The summed E-state index contributed by atoms with van der Waals surface area (Å²) >= 11 is 0. The molecular weight excluding hydrogens is 236 g/mol. The van der Waals surface area contributed by atoms with Crippen molar-refractivity contribution in [1.82, 2.24) is 0 Å². The van der Waals surface area contributed by atoms with Gasteiger partial charge in [-0.05, 0) is 61.3 Å². The van der Waals surface area contributed by atoms with E-state index in [1.54, 1.807) is 6.07 Å². The van der Waals surface area contributed by atoms with E-state index in [0.29, 0.717) is 5.75 Å². The second kappa shape index (κ2) is 5.01. The van der Waals surface area contributed by atoms with Crippen molar-refractivity contribution < 1.29 is 9.84 Å². The van der Waals surface area contributed by atoms with E-state index in [2.05, 4.69) is 6.08 Å². The van der Waals surface area contributed by atoms with Crippen molar-refractivity contribution in [2.45, 2.75) is 44.1 Å². The van der Waals surface area contributed by atoms with Gasteiger partial charge in [0.25, 0.3) is 0 Å². The van der Waals surface area contributed by atoms with Gasteiger partial charge in [0.05, 0.1) is 5.60 Å². The number of methoxy groups -OCH3 is 1. The van der Waals surface area contributed by atoms with Gasteiger partial charge < -0.3 is 9.84 Å². The number of phenols is 1. The fraction of sp³-hybridized carbons (Fsp3) is 0.529. The van der Waals surface area contributed by atoms with Crippen LogP contribution in [0.2, 0.25) is 0 Å². The molecule has 2 unspecified atom stereocenters. The van der Waals surface area contributed by atoms with E-state index in [4.69, 9.17) is 4.74 Å². The zero-order chi connectivity index (χ0) is 13.3. The highest BCUT2D eigenvalue weighted by Crippen LogP contribution is 2.48. The summed E-state index contributed by atoms with van der Waals surface area (Å²) in [7, 11) is 1.85. The van der Waals surface area contributed by atoms with Gasteiger partial charge in [-0.1, -0.05) is 24.6 Å². The third-order valence-electron chi connectivity index (χ3n) is 4.82. The van der Waals surface area contributed by atoms with Gasteiger partial charge in [0.1, 0.15) is 5.75 Å². The summed E-state index contributed by atoms with van der Waals surface area (Å²) in [4.78, 5) is 0. The largest absolute Gasteiger partial charge is 0.508 e. The number of hydrogen-bond donors (Lipinski definition) is 1. The molecule has 0 spiro atoms. The SMILES string of the molecule is COC12CCCC(CCC1=Cc1cccc(O)c1)C2. The molecule has 2 bridgehead atoms. The zero-order valence-electron chi connectivity index (χ0n) is 11.6. The van der Waals surface area contributed by atoms with E-state index in [1.807, 2.05) is 25.3 Å². The lowest BCUT2D eigenvalue weighted by Gasteiger charge is -2.46. The summed E-state index contributed by atoms with van der Waals surface area (Å²) in [6, 6.07) is 7.48. The second-order valence-electron chi connectivity index (χ2n) is 5.96. The Kier molecular flexibility index (Phi) is 3.36. The molecule has 0 aliphatic heterocycles. The normalized spacial score (nSPS) is 32.5. The first kappa shape index (κ1) is 12.7. The van der Waals surface area contributed by atoms with E-state index in [1.165, 1.54) is 31.3 Å². The molecule has 2 nitrogen and oxygen atoms in total. The van der Waals surface area contributed by atoms with Crippen LogP contribution in [0.4, 0.5) is 0 Å². The standard InChI is InChI=1S/C17H22O2/c1-19-17-9-3-5-13(12-17)7-8-15(17)10-14-4-2-6-16(18)11-14/h2,4,6,10-11,13,18H,3,5,7-9,12H2,1H3. The second-order valence-corrected chi connectivity index (χ2v) is 5.96. The molecule has 3 rings (SSSR count). The van der Waals surface area contributed by atoms with Gasteiger partial charge in [-0.2, -0.15) is 0 Å². The third-order valence-corrected chi connectivity index (χ3v) is 4.82. The quantitative estimate of drug-likeness (QED) is 0.863. The monoisotopic (exact) mass is 258 g/mol. The lowest BCUT2D eigenvalue weighted by Crippen LogP contribution is -2.42. The van der Waals surface area contributed by atoms with Gasteiger partial charge >= 0.3 is 0 Å². The van der Waals surface area contributed by atoms with Crippen molar-refractivity contribution in [3.63, 3.8) is 0 Å². The molecule has 1 N–H and O–H groups in total. The molecule has 19 heavy (non-hydrogen) atoms. The molecule has 102 valence electrons. The van der Waals surface area contributed by atoms with Crippen molar-refractivity contribution in [1.29, 1.82) is 0 Å². The minimum absolute atomic E-state index is 0.0351. The Morgan fingerprint density at radius 3 is 3.05 bits per heavy atom. The van der Waals surface area contributed by atoms with Crippen LogP contribution in [0.15, 0.2) is 29.8 Å². The van der Waals surface area contributed by atoms with Crippen molar-refractivity contribution in [3.05, 3.63) is 35.4 Å². The number of phenolic OH excluding ortho intramolecular Hbond substituents is 1. The summed E-state index contributed by atoms with van der Waals surface area (Å²) < 4.78 is 5.93. The molecule has 2 fully saturated rings. The Labute approximate surface area is 115 Å². The zero-order valence-corrected chi connectivity index (χ0v) is 11.6. The summed E-state index contributed by atoms with van der Waals surface area (Å²) in [5, 5.41) is 9.58. The van der Waals surface area contributed by atoms with Crippen LogP contribution in [-0.2, 0) is 4.74 Å². The molecule has 0 heterocycles. The number of ether oxygens (including phenoxy) is 1. The maximum absolute atomic E-state index is 9.58. The number of aromatic hydroxyl groups is 1. The first-order chi connectivity index (χ1) is 9.22. The summed E-state index contributed by atoms with van der Waals surface area (Å²) in [6.45, 7) is 0. The minimum atomic E-state index is -0.0351. The number of benzene rings is 1. The number of fused-ring (bicyclic) bond motifs is 2. The predicted octanol–water partition coefficient (Wildman–Crippen LogP) is 4.14. The molecule has 2 atom stereocenters. The molecule has 0 aromatic heterocycles. The van der Waals surface area contributed by atoms with Crippen molar-refractivity contribution in [2.24, 2.45) is 5.92 Å². The first-order valence-electron chi connectivity index (χ1n) is 7.27. The fourth-order valence-corrected chi connectivity index (χ4v) is 3.81. The molecule has 0 radical (unpaired) electrons.